The molecule has 5 nitrogen and oxygen atoms in total. The topological polar surface area (TPSA) is 76.3 Å². The maximum absolute atomic E-state index is 12.3. The molecule has 0 unspecified atom stereocenters. The predicted octanol–water partition coefficient (Wildman–Crippen LogP) is 2.07. The van der Waals surface area contributed by atoms with Crippen LogP contribution in [-0.4, -0.2) is 15.0 Å². The Hall–Kier alpha value is -1.34. The van der Waals surface area contributed by atoms with Crippen LogP contribution in [0, 0.1) is 10.1 Å². The molecule has 1 N–H and O–H groups in total. The van der Waals surface area contributed by atoms with Gasteiger partial charge in [0, 0.05) is 0 Å². The second-order valence-corrected chi connectivity index (χ2v) is 2.96. The van der Waals surface area contributed by atoms with Crippen LogP contribution >= 0.6 is 11.6 Å². The van der Waals surface area contributed by atoms with Crippen molar-refractivity contribution < 1.29 is 18.8 Å². The Morgan fingerprint density at radius 1 is 1.67 bits per heavy atom. The van der Waals surface area contributed by atoms with Gasteiger partial charge in [0.25, 0.3) is 0 Å². The lowest BCUT2D eigenvalue weighted by molar-refractivity contribution is -0.390. The Bertz CT molecular complexity index is 400. The van der Waals surface area contributed by atoms with Crippen LogP contribution in [0.1, 0.15) is 17.7 Å². The zero-order valence-electron chi connectivity index (χ0n) is 7.15. The van der Waals surface area contributed by atoms with Crippen molar-refractivity contribution >= 4 is 17.4 Å². The third kappa shape index (κ3) is 2.37. The number of hydrogen-bond donors (Lipinski definition) is 1. The maximum atomic E-state index is 12.3. The Morgan fingerprint density at radius 2 is 2.27 bits per heavy atom. The van der Waals surface area contributed by atoms with E-state index in [1.54, 1.807) is 0 Å². The molecule has 82 valence electrons. The number of aromatic nitrogens is 1. The number of aliphatic hydroxyl groups is 1. The fraction of sp³-hybridized carbons (Fsp3) is 0.286. The minimum atomic E-state index is -3.00. The van der Waals surface area contributed by atoms with Crippen molar-refractivity contribution in [3.63, 3.8) is 0 Å². The Balaban J connectivity index is 3.37. The molecule has 8 heteroatoms. The van der Waals surface area contributed by atoms with Crippen molar-refractivity contribution in [3.8, 4) is 0 Å². The highest BCUT2D eigenvalue weighted by atomic mass is 35.5. The van der Waals surface area contributed by atoms with Crippen molar-refractivity contribution in [2.24, 2.45) is 0 Å². The lowest BCUT2D eigenvalue weighted by Gasteiger charge is -2.02. The molecule has 0 bridgehead atoms. The molecule has 0 spiro atoms. The van der Waals surface area contributed by atoms with E-state index in [2.05, 4.69) is 4.98 Å². The zero-order chi connectivity index (χ0) is 11.6. The van der Waals surface area contributed by atoms with E-state index < -0.39 is 34.5 Å². The van der Waals surface area contributed by atoms with Gasteiger partial charge in [-0.1, -0.05) is 11.6 Å². The monoisotopic (exact) mass is 238 g/mol. The summed E-state index contributed by atoms with van der Waals surface area (Å²) in [5, 5.41) is 18.7. The molecule has 0 atom stereocenters. The van der Waals surface area contributed by atoms with Gasteiger partial charge >= 0.3 is 12.2 Å². The van der Waals surface area contributed by atoms with E-state index >= 15 is 0 Å². The van der Waals surface area contributed by atoms with E-state index in [0.29, 0.717) is 0 Å². The molecular formula is C7H5ClF2N2O3. The quantitative estimate of drug-likeness (QED) is 0.646. The summed E-state index contributed by atoms with van der Waals surface area (Å²) in [5.74, 6) is -0.808. The van der Waals surface area contributed by atoms with Gasteiger partial charge in [0.1, 0.15) is 0 Å². The number of rotatable bonds is 3. The van der Waals surface area contributed by atoms with Crippen LogP contribution in [0.15, 0.2) is 6.07 Å². The van der Waals surface area contributed by atoms with Gasteiger partial charge in [0.05, 0.1) is 17.2 Å². The minimum absolute atomic E-state index is 0.200. The number of hydrogen-bond acceptors (Lipinski definition) is 4. The highest BCUT2D eigenvalue weighted by Gasteiger charge is 2.26. The van der Waals surface area contributed by atoms with Crippen molar-refractivity contribution in [1.82, 2.24) is 4.98 Å². The number of nitro groups is 1. The summed E-state index contributed by atoms with van der Waals surface area (Å²) < 4.78 is 24.5. The molecule has 0 saturated carbocycles. The van der Waals surface area contributed by atoms with Crippen molar-refractivity contribution in [2.75, 3.05) is 0 Å². The van der Waals surface area contributed by atoms with E-state index in [-0.39, 0.29) is 5.56 Å². The highest BCUT2D eigenvalue weighted by molar-refractivity contribution is 6.31. The summed E-state index contributed by atoms with van der Waals surface area (Å²) in [5.41, 5.74) is -1.06. The van der Waals surface area contributed by atoms with Crippen LogP contribution < -0.4 is 0 Å². The van der Waals surface area contributed by atoms with Crippen LogP contribution in [0.3, 0.4) is 0 Å². The highest BCUT2D eigenvalue weighted by Crippen LogP contribution is 2.29. The molecule has 0 aliphatic heterocycles. The van der Waals surface area contributed by atoms with Gasteiger partial charge in [0.2, 0.25) is 5.69 Å². The molecule has 15 heavy (non-hydrogen) atoms. The molecule has 0 aliphatic carbocycles. The summed E-state index contributed by atoms with van der Waals surface area (Å²) in [6, 6.07) is 0.911. The van der Waals surface area contributed by atoms with Crippen LogP contribution in [0.5, 0.6) is 0 Å². The van der Waals surface area contributed by atoms with Gasteiger partial charge in [-0.05, 0) is 16.0 Å². The third-order valence-electron chi connectivity index (χ3n) is 1.61. The summed E-state index contributed by atoms with van der Waals surface area (Å²) in [4.78, 5) is 12.6. The first-order chi connectivity index (χ1) is 6.97. The number of pyridine rings is 1. The molecule has 0 saturated heterocycles. The van der Waals surface area contributed by atoms with Gasteiger partial charge in [-0.25, -0.2) is 8.78 Å². The summed E-state index contributed by atoms with van der Waals surface area (Å²) in [6.07, 6.45) is -3.00. The van der Waals surface area contributed by atoms with E-state index in [9.17, 15) is 18.9 Å². The molecule has 0 radical (unpaired) electrons. The molecule has 0 aromatic carbocycles. The van der Waals surface area contributed by atoms with Crippen LogP contribution in [0.25, 0.3) is 0 Å². The van der Waals surface area contributed by atoms with Crippen molar-refractivity contribution in [2.45, 2.75) is 13.0 Å². The van der Waals surface area contributed by atoms with E-state index in [1.165, 1.54) is 0 Å². The first-order valence-corrected chi connectivity index (χ1v) is 4.08. The number of nitrogens with zero attached hydrogens (tertiary/aromatic N) is 2. The normalized spacial score (nSPS) is 10.7. The largest absolute Gasteiger partial charge is 0.391 e. The average Bonchev–Trinajstić information content (AvgIpc) is 2.16. The fourth-order valence-electron chi connectivity index (χ4n) is 0.958. The number of aliphatic hydroxyl groups excluding tert-OH is 1. The number of halogens is 3. The first kappa shape index (κ1) is 11.7. The second kappa shape index (κ2) is 4.45. The SMILES string of the molecule is O=[N+]([O-])c1nc(C(F)F)c(Cl)cc1CO. The maximum Gasteiger partial charge on any atom is 0.369 e. The molecule has 0 aliphatic rings. The van der Waals surface area contributed by atoms with Crippen LogP contribution in [0.2, 0.25) is 5.02 Å². The fourth-order valence-corrected chi connectivity index (χ4v) is 1.21. The van der Waals surface area contributed by atoms with E-state index in [1.807, 2.05) is 0 Å². The summed E-state index contributed by atoms with van der Waals surface area (Å²) >= 11 is 5.40. The van der Waals surface area contributed by atoms with Crippen molar-refractivity contribution in [1.29, 1.82) is 0 Å². The molecule has 0 amide bonds. The summed E-state index contributed by atoms with van der Waals surface area (Å²) in [6.45, 7) is -0.688. The smallest absolute Gasteiger partial charge is 0.369 e. The lowest BCUT2D eigenvalue weighted by Crippen LogP contribution is -2.03. The molecule has 0 fully saturated rings. The molecule has 1 rings (SSSR count). The Kier molecular flexibility index (Phi) is 3.48. The third-order valence-corrected chi connectivity index (χ3v) is 1.91. The van der Waals surface area contributed by atoms with E-state index in [0.717, 1.165) is 6.07 Å². The first-order valence-electron chi connectivity index (χ1n) is 3.70. The molecule has 1 aromatic rings. The van der Waals surface area contributed by atoms with Gasteiger partial charge in [-0.2, -0.15) is 0 Å². The van der Waals surface area contributed by atoms with Gasteiger partial charge < -0.3 is 15.2 Å². The van der Waals surface area contributed by atoms with Crippen molar-refractivity contribution in [3.05, 3.63) is 32.5 Å². The minimum Gasteiger partial charge on any atom is -0.391 e. The average molecular weight is 239 g/mol. The molecule has 1 aromatic heterocycles. The lowest BCUT2D eigenvalue weighted by atomic mass is 10.2. The Labute approximate surface area is 87.5 Å². The van der Waals surface area contributed by atoms with Gasteiger partial charge in [-0.3, -0.25) is 0 Å². The standard InChI is InChI=1S/C7H5ClF2N2O3/c8-4-1-3(2-13)7(12(14)15)11-5(4)6(9)10/h1,6,13H,2H2. The molecule has 1 heterocycles. The zero-order valence-corrected chi connectivity index (χ0v) is 7.91. The van der Waals surface area contributed by atoms with Gasteiger partial charge in [-0.15, -0.1) is 0 Å². The number of alkyl halides is 2. The van der Waals surface area contributed by atoms with E-state index in [4.69, 9.17) is 16.7 Å². The Morgan fingerprint density at radius 3 is 2.67 bits per heavy atom. The summed E-state index contributed by atoms with van der Waals surface area (Å²) in [7, 11) is 0. The second-order valence-electron chi connectivity index (χ2n) is 2.55. The van der Waals surface area contributed by atoms with Gasteiger partial charge in [0.15, 0.2) is 0 Å². The van der Waals surface area contributed by atoms with Crippen LogP contribution in [0.4, 0.5) is 14.6 Å². The predicted molar refractivity (Wildman–Crippen MR) is 46.8 cm³/mol. The van der Waals surface area contributed by atoms with Crippen LogP contribution in [-0.2, 0) is 6.61 Å². The molecular weight excluding hydrogens is 234 g/mol.